The molecule has 0 fully saturated rings. The quantitative estimate of drug-likeness (QED) is 0.123. The number of rotatable bonds is 6. The molecular weight excluding hydrogens is 717 g/mol. The van der Waals surface area contributed by atoms with Gasteiger partial charge in [-0.1, -0.05) is 109 Å². The number of benzene rings is 9. The predicted molar refractivity (Wildman–Crippen MR) is 246 cm³/mol. The molecule has 0 unspecified atom stereocenters. The van der Waals surface area contributed by atoms with Crippen molar-refractivity contribution in [2.45, 2.75) is 13.8 Å². The molecule has 56 heavy (non-hydrogen) atoms. The highest BCUT2D eigenvalue weighted by Crippen LogP contribution is 2.52. The Hall–Kier alpha value is -6.46. The molecule has 11 aromatic rings. The van der Waals surface area contributed by atoms with Crippen LogP contribution in [0.25, 0.3) is 61.9 Å². The van der Waals surface area contributed by atoms with Crippen LogP contribution in [0.1, 0.15) is 11.1 Å². The average molecular weight is 753 g/mol. The fourth-order valence-electron chi connectivity index (χ4n) is 8.62. The van der Waals surface area contributed by atoms with E-state index in [-0.39, 0.29) is 0 Å². The second kappa shape index (κ2) is 13.1. The van der Waals surface area contributed by atoms with E-state index in [1.807, 2.05) is 22.7 Å². The summed E-state index contributed by atoms with van der Waals surface area (Å²) in [6.45, 7) is 4.37. The van der Waals surface area contributed by atoms with Crippen LogP contribution in [0.3, 0.4) is 0 Å². The van der Waals surface area contributed by atoms with Crippen molar-refractivity contribution in [1.29, 1.82) is 0 Å². The predicted octanol–water partition coefficient (Wildman–Crippen LogP) is 16.3. The average Bonchev–Trinajstić information content (AvgIpc) is 3.80. The third-order valence-corrected chi connectivity index (χ3v) is 13.4. The van der Waals surface area contributed by atoms with Gasteiger partial charge in [-0.25, -0.2) is 0 Å². The molecule has 0 spiro atoms. The van der Waals surface area contributed by atoms with Crippen LogP contribution in [0.2, 0.25) is 0 Å². The van der Waals surface area contributed by atoms with Crippen LogP contribution in [0.4, 0.5) is 34.1 Å². The van der Waals surface area contributed by atoms with Gasteiger partial charge in [0.15, 0.2) is 0 Å². The van der Waals surface area contributed by atoms with E-state index in [2.05, 4.69) is 206 Å². The van der Waals surface area contributed by atoms with E-state index < -0.39 is 0 Å². The molecule has 2 heterocycles. The summed E-state index contributed by atoms with van der Waals surface area (Å²) in [7, 11) is 0. The Morgan fingerprint density at radius 1 is 0.286 bits per heavy atom. The normalized spacial score (nSPS) is 11.8. The van der Waals surface area contributed by atoms with Crippen molar-refractivity contribution >= 4 is 119 Å². The van der Waals surface area contributed by atoms with Crippen LogP contribution in [0.5, 0.6) is 0 Å². The minimum absolute atomic E-state index is 1.14. The monoisotopic (exact) mass is 752 g/mol. The topological polar surface area (TPSA) is 6.48 Å². The molecule has 0 aliphatic heterocycles. The van der Waals surface area contributed by atoms with Gasteiger partial charge in [0.2, 0.25) is 0 Å². The van der Waals surface area contributed by atoms with Gasteiger partial charge >= 0.3 is 0 Å². The summed E-state index contributed by atoms with van der Waals surface area (Å²) < 4.78 is 5.22. The molecule has 0 bridgehead atoms. The summed E-state index contributed by atoms with van der Waals surface area (Å²) >= 11 is 3.72. The van der Waals surface area contributed by atoms with Gasteiger partial charge in [0.25, 0.3) is 0 Å². The summed E-state index contributed by atoms with van der Waals surface area (Å²) in [4.78, 5) is 4.99. The first-order chi connectivity index (χ1) is 27.6. The molecule has 0 saturated heterocycles. The fourth-order valence-corrected chi connectivity index (χ4v) is 10.8. The first-order valence-corrected chi connectivity index (χ1v) is 20.7. The number of hydrogen-bond acceptors (Lipinski definition) is 4. The summed E-state index contributed by atoms with van der Waals surface area (Å²) in [5.41, 5.74) is 9.35. The lowest BCUT2D eigenvalue weighted by molar-refractivity contribution is 1.29. The number of hydrogen-bond donors (Lipinski definition) is 0. The zero-order valence-electron chi connectivity index (χ0n) is 31.0. The van der Waals surface area contributed by atoms with Crippen LogP contribution in [0.15, 0.2) is 182 Å². The maximum absolute atomic E-state index is 2.49. The lowest BCUT2D eigenvalue weighted by Gasteiger charge is -2.33. The Bertz CT molecular complexity index is 3040. The fraction of sp³-hybridized carbons (Fsp3) is 0.0385. The number of nitrogens with zero attached hydrogens (tertiary/aromatic N) is 2. The van der Waals surface area contributed by atoms with Crippen molar-refractivity contribution in [3.8, 4) is 0 Å². The SMILES string of the molecule is Cc1cccc(N(c2ccc3sc4ccccc4c3c2)c2c3ccccc3c(N(c3cccc(C)c3)c3ccc4sc5ccccc5c4c3)c3ccccc23)c1. The number of anilines is 6. The molecule has 0 N–H and O–H groups in total. The van der Waals surface area contributed by atoms with E-state index in [0.29, 0.717) is 0 Å². The van der Waals surface area contributed by atoms with E-state index in [4.69, 9.17) is 0 Å². The summed E-state index contributed by atoms with van der Waals surface area (Å²) in [5, 5.41) is 9.94. The third-order valence-electron chi connectivity index (χ3n) is 11.1. The molecule has 0 aliphatic carbocycles. The largest absolute Gasteiger partial charge is 0.309 e. The smallest absolute Gasteiger partial charge is 0.0619 e. The highest BCUT2D eigenvalue weighted by molar-refractivity contribution is 7.26. The van der Waals surface area contributed by atoms with E-state index in [1.165, 1.54) is 84.4 Å². The molecule has 0 amide bonds. The van der Waals surface area contributed by atoms with Crippen LogP contribution in [-0.2, 0) is 0 Å². The Labute approximate surface area is 333 Å². The van der Waals surface area contributed by atoms with Crippen molar-refractivity contribution in [2.24, 2.45) is 0 Å². The van der Waals surface area contributed by atoms with Crippen LogP contribution < -0.4 is 9.80 Å². The lowest BCUT2D eigenvalue weighted by atomic mass is 9.95. The molecule has 0 radical (unpaired) electrons. The summed E-state index contributed by atoms with van der Waals surface area (Å²) in [5.74, 6) is 0. The van der Waals surface area contributed by atoms with Crippen molar-refractivity contribution < 1.29 is 0 Å². The van der Waals surface area contributed by atoms with Gasteiger partial charge < -0.3 is 9.80 Å². The molecule has 11 rings (SSSR count). The Kier molecular flexibility index (Phi) is 7.70. The van der Waals surface area contributed by atoms with Gasteiger partial charge in [0, 0.05) is 84.6 Å². The highest BCUT2D eigenvalue weighted by Gasteiger charge is 2.26. The molecule has 2 nitrogen and oxygen atoms in total. The van der Waals surface area contributed by atoms with Crippen molar-refractivity contribution in [2.75, 3.05) is 9.80 Å². The maximum atomic E-state index is 2.49. The summed E-state index contributed by atoms with van der Waals surface area (Å²) in [6.07, 6.45) is 0. The van der Waals surface area contributed by atoms with E-state index in [9.17, 15) is 0 Å². The molecule has 266 valence electrons. The minimum Gasteiger partial charge on any atom is -0.309 e. The van der Waals surface area contributed by atoms with Gasteiger partial charge in [0.05, 0.1) is 11.4 Å². The van der Waals surface area contributed by atoms with Gasteiger partial charge in [-0.2, -0.15) is 0 Å². The Morgan fingerprint density at radius 2 is 0.625 bits per heavy atom. The van der Waals surface area contributed by atoms with Crippen LogP contribution in [0, 0.1) is 13.8 Å². The van der Waals surface area contributed by atoms with Gasteiger partial charge in [-0.05, 0) is 97.8 Å². The van der Waals surface area contributed by atoms with Gasteiger partial charge in [-0.3, -0.25) is 0 Å². The van der Waals surface area contributed by atoms with Crippen molar-refractivity contribution in [3.63, 3.8) is 0 Å². The number of fused-ring (bicyclic) bond motifs is 8. The number of aryl methyl sites for hydroxylation is 2. The molecule has 2 aromatic heterocycles. The molecule has 0 saturated carbocycles. The molecule has 0 atom stereocenters. The number of thiophene rings is 2. The first-order valence-electron chi connectivity index (χ1n) is 19.1. The molecule has 0 aliphatic rings. The standard InChI is InChI=1S/C52H36N2S2/c1-33-13-11-15-35(29-33)53(37-25-27-49-45(31-37)39-17-7-9-23-47(39)55-49)51-41-19-3-5-21-43(41)52(44-22-6-4-20-42(44)51)54(36-16-12-14-34(2)30-36)38-26-28-50-46(32-38)40-18-8-10-24-48(40)56-50/h3-32H,1-2H3. The van der Waals surface area contributed by atoms with Gasteiger partial charge in [0.1, 0.15) is 0 Å². The van der Waals surface area contributed by atoms with Crippen molar-refractivity contribution in [3.05, 3.63) is 193 Å². The minimum atomic E-state index is 1.14. The highest BCUT2D eigenvalue weighted by atomic mass is 32.1. The second-order valence-corrected chi connectivity index (χ2v) is 16.9. The van der Waals surface area contributed by atoms with E-state index in [0.717, 1.165) is 22.7 Å². The second-order valence-electron chi connectivity index (χ2n) is 14.7. The molecular formula is C52H36N2S2. The van der Waals surface area contributed by atoms with E-state index in [1.54, 1.807) is 0 Å². The molecule has 9 aromatic carbocycles. The van der Waals surface area contributed by atoms with Crippen molar-refractivity contribution in [1.82, 2.24) is 0 Å². The zero-order chi connectivity index (χ0) is 37.3. The summed E-state index contributed by atoms with van der Waals surface area (Å²) in [6, 6.07) is 67.4. The van der Waals surface area contributed by atoms with Gasteiger partial charge in [-0.15, -0.1) is 22.7 Å². The first kappa shape index (κ1) is 32.9. The third kappa shape index (κ3) is 5.29. The zero-order valence-corrected chi connectivity index (χ0v) is 32.7. The maximum Gasteiger partial charge on any atom is 0.0619 e. The molecule has 4 heteroatoms. The van der Waals surface area contributed by atoms with E-state index >= 15 is 0 Å². The Balaban J connectivity index is 1.24. The Morgan fingerprint density at radius 3 is 1.02 bits per heavy atom. The van der Waals surface area contributed by atoms with Crippen LogP contribution >= 0.6 is 22.7 Å². The lowest BCUT2D eigenvalue weighted by Crippen LogP contribution is -2.14. The van der Waals surface area contributed by atoms with Crippen LogP contribution in [-0.4, -0.2) is 0 Å².